The van der Waals surface area contributed by atoms with Gasteiger partial charge in [-0.15, -0.1) is 11.3 Å². The van der Waals surface area contributed by atoms with Crippen molar-refractivity contribution >= 4 is 52.4 Å². The van der Waals surface area contributed by atoms with Gasteiger partial charge in [0.05, 0.1) is 33.1 Å². The minimum atomic E-state index is -0.738. The topological polar surface area (TPSA) is 82.2 Å². The van der Waals surface area contributed by atoms with Gasteiger partial charge >= 0.3 is 12.0 Å². The normalized spacial score (nSPS) is 20.7. The molecule has 1 aromatic heterocycles. The maximum atomic E-state index is 13.3. The fourth-order valence-corrected chi connectivity index (χ4v) is 5.82. The van der Waals surface area contributed by atoms with E-state index in [0.29, 0.717) is 59.6 Å². The maximum absolute atomic E-state index is 13.3. The number of nitrogens with one attached hydrogen (secondary N) is 1. The van der Waals surface area contributed by atoms with Gasteiger partial charge in [0.25, 0.3) is 5.91 Å². The number of hydrogen-bond acceptors (Lipinski definition) is 6. The van der Waals surface area contributed by atoms with Crippen molar-refractivity contribution in [1.82, 2.24) is 20.0 Å². The highest BCUT2D eigenvalue weighted by molar-refractivity contribution is 7.12. The Morgan fingerprint density at radius 3 is 2.57 bits per heavy atom. The lowest BCUT2D eigenvalue weighted by atomic mass is 9.94. The third-order valence-electron chi connectivity index (χ3n) is 6.60. The number of likely N-dealkylation sites (N-methyl/N-ethyl adjacent to an activating group) is 1. The van der Waals surface area contributed by atoms with Crippen LogP contribution in [-0.2, 0) is 9.53 Å². The number of urea groups is 1. The minimum absolute atomic E-state index is 0.0282. The summed E-state index contributed by atoms with van der Waals surface area (Å²) in [5.41, 5.74) is 1.59. The summed E-state index contributed by atoms with van der Waals surface area (Å²) < 4.78 is 5.44. The molecule has 0 bridgehead atoms. The molecule has 4 rings (SSSR count). The van der Waals surface area contributed by atoms with E-state index >= 15 is 0 Å². The molecule has 198 valence electrons. The number of carbonyl (C=O) groups excluding carboxylic acids is 3. The van der Waals surface area contributed by atoms with Gasteiger partial charge in [-0.3, -0.25) is 14.6 Å². The van der Waals surface area contributed by atoms with Crippen molar-refractivity contribution in [2.24, 2.45) is 0 Å². The van der Waals surface area contributed by atoms with Crippen LogP contribution in [0.4, 0.5) is 4.79 Å². The van der Waals surface area contributed by atoms with Crippen LogP contribution in [-0.4, -0.2) is 78.0 Å². The van der Waals surface area contributed by atoms with E-state index in [9.17, 15) is 14.4 Å². The number of thiophene rings is 1. The molecule has 0 spiro atoms. The van der Waals surface area contributed by atoms with Gasteiger partial charge in [0.1, 0.15) is 0 Å². The lowest BCUT2D eigenvalue weighted by Crippen LogP contribution is -2.56. The molecule has 0 unspecified atom stereocenters. The third kappa shape index (κ3) is 5.80. The molecule has 0 radical (unpaired) electrons. The van der Waals surface area contributed by atoms with E-state index in [1.165, 1.54) is 11.3 Å². The van der Waals surface area contributed by atoms with Gasteiger partial charge in [-0.25, -0.2) is 9.59 Å². The molecular weight excluding hydrogens is 535 g/mol. The largest absolute Gasteiger partial charge is 0.463 e. The molecule has 8 nitrogen and oxygen atoms in total. The van der Waals surface area contributed by atoms with Crippen LogP contribution in [0.15, 0.2) is 47.0 Å². The average Bonchev–Trinajstić information content (AvgIpc) is 3.40. The first-order valence-corrected chi connectivity index (χ1v) is 13.9. The molecule has 11 heteroatoms. The minimum Gasteiger partial charge on any atom is -0.463 e. The van der Waals surface area contributed by atoms with Crippen molar-refractivity contribution < 1.29 is 19.1 Å². The predicted molar refractivity (Wildman–Crippen MR) is 145 cm³/mol. The maximum Gasteiger partial charge on any atom is 0.338 e. The van der Waals surface area contributed by atoms with E-state index in [4.69, 9.17) is 27.9 Å². The molecule has 2 aromatic rings. The van der Waals surface area contributed by atoms with Crippen LogP contribution >= 0.6 is 34.5 Å². The first-order valence-electron chi connectivity index (χ1n) is 12.2. The zero-order valence-electron chi connectivity index (χ0n) is 21.0. The summed E-state index contributed by atoms with van der Waals surface area (Å²) in [7, 11) is 0. The van der Waals surface area contributed by atoms with E-state index in [-0.39, 0.29) is 24.6 Å². The summed E-state index contributed by atoms with van der Waals surface area (Å²) >= 11 is 13.8. The SMILES string of the molecule is CCOC(=O)C1=C(CN2CCN(C(=O)c3cccs3)[C@@H](C)C2)N(CC)C(=O)N[C@H]1c1ccc(Cl)c(Cl)c1. The zero-order chi connectivity index (χ0) is 26.7. The molecule has 0 saturated carbocycles. The van der Waals surface area contributed by atoms with Gasteiger partial charge in [-0.2, -0.15) is 0 Å². The van der Waals surface area contributed by atoms with Crippen LogP contribution in [0, 0.1) is 0 Å². The highest BCUT2D eigenvalue weighted by atomic mass is 35.5. The van der Waals surface area contributed by atoms with E-state index in [1.54, 1.807) is 30.0 Å². The van der Waals surface area contributed by atoms with Gasteiger partial charge in [0.15, 0.2) is 0 Å². The van der Waals surface area contributed by atoms with E-state index in [0.717, 1.165) is 4.88 Å². The third-order valence-corrected chi connectivity index (χ3v) is 8.20. The van der Waals surface area contributed by atoms with E-state index < -0.39 is 12.0 Å². The first-order chi connectivity index (χ1) is 17.7. The molecule has 3 heterocycles. The van der Waals surface area contributed by atoms with Gasteiger partial charge in [-0.05, 0) is 49.9 Å². The molecular formula is C26H30Cl2N4O4S. The fraction of sp³-hybridized carbons (Fsp3) is 0.423. The predicted octanol–water partition coefficient (Wildman–Crippen LogP) is 4.80. The molecule has 37 heavy (non-hydrogen) atoms. The monoisotopic (exact) mass is 564 g/mol. The lowest BCUT2D eigenvalue weighted by molar-refractivity contribution is -0.139. The Morgan fingerprint density at radius 2 is 1.95 bits per heavy atom. The first kappa shape index (κ1) is 27.4. The van der Waals surface area contributed by atoms with Crippen molar-refractivity contribution in [3.05, 3.63) is 67.5 Å². The number of ether oxygens (including phenoxy) is 1. The number of hydrogen-bond donors (Lipinski definition) is 1. The van der Waals surface area contributed by atoms with Crippen LogP contribution < -0.4 is 5.32 Å². The molecule has 0 aliphatic carbocycles. The van der Waals surface area contributed by atoms with Crippen LogP contribution in [0.5, 0.6) is 0 Å². The van der Waals surface area contributed by atoms with Crippen molar-refractivity contribution in [2.75, 3.05) is 39.3 Å². The summed E-state index contributed by atoms with van der Waals surface area (Å²) in [6, 6.07) is 7.68. The number of carbonyl (C=O) groups is 3. The second kappa shape index (κ2) is 11.9. The Morgan fingerprint density at radius 1 is 1.16 bits per heavy atom. The average molecular weight is 566 g/mol. The zero-order valence-corrected chi connectivity index (χ0v) is 23.3. The van der Waals surface area contributed by atoms with Crippen LogP contribution in [0.1, 0.15) is 42.0 Å². The number of halogens is 2. The summed E-state index contributed by atoms with van der Waals surface area (Å²) in [5.74, 6) is -0.466. The van der Waals surface area contributed by atoms with E-state index in [1.807, 2.05) is 36.3 Å². The molecule has 2 aliphatic rings. The number of nitrogens with zero attached hydrogens (tertiary/aromatic N) is 3. The molecule has 1 N–H and O–H groups in total. The van der Waals surface area contributed by atoms with E-state index in [2.05, 4.69) is 10.2 Å². The molecule has 1 saturated heterocycles. The number of rotatable bonds is 7. The Hall–Kier alpha value is -2.59. The standard InChI is InChI=1S/C26H30Cl2N4O4S/c1-4-31-20(15-30-10-11-32(16(3)14-30)24(33)21-7-6-12-37-21)22(25(34)36-5-2)23(29-26(31)35)17-8-9-18(27)19(28)13-17/h6-9,12-13,16,23H,4-5,10-11,14-15H2,1-3H3,(H,29,35)/t16-,23-/m0/s1. The fourth-order valence-electron chi connectivity index (χ4n) is 4.83. The molecule has 3 amide bonds. The van der Waals surface area contributed by atoms with Gasteiger partial charge in [0.2, 0.25) is 0 Å². The van der Waals surface area contributed by atoms with Crippen molar-refractivity contribution in [2.45, 2.75) is 32.9 Å². The summed E-state index contributed by atoms with van der Waals surface area (Å²) in [6.45, 7) is 8.33. The van der Waals surface area contributed by atoms with Gasteiger partial charge in [-0.1, -0.05) is 35.3 Å². The van der Waals surface area contributed by atoms with Gasteiger partial charge < -0.3 is 15.0 Å². The van der Waals surface area contributed by atoms with Crippen molar-refractivity contribution in [3.8, 4) is 0 Å². The molecule has 2 aliphatic heterocycles. The smallest absolute Gasteiger partial charge is 0.338 e. The Balaban J connectivity index is 1.66. The molecule has 2 atom stereocenters. The lowest BCUT2D eigenvalue weighted by Gasteiger charge is -2.42. The summed E-state index contributed by atoms with van der Waals surface area (Å²) in [6.07, 6.45) is 0. The number of benzene rings is 1. The van der Waals surface area contributed by atoms with Crippen LogP contribution in [0.25, 0.3) is 0 Å². The molecule has 1 aromatic carbocycles. The van der Waals surface area contributed by atoms with Crippen LogP contribution in [0.2, 0.25) is 10.0 Å². The second-order valence-corrected chi connectivity index (χ2v) is 10.7. The number of esters is 1. The molecule has 1 fully saturated rings. The highest BCUT2D eigenvalue weighted by Gasteiger charge is 2.39. The second-order valence-electron chi connectivity index (χ2n) is 8.94. The van der Waals surface area contributed by atoms with Crippen molar-refractivity contribution in [1.29, 1.82) is 0 Å². The summed E-state index contributed by atoms with van der Waals surface area (Å²) in [5, 5.41) is 5.55. The Labute approximate surface area is 230 Å². The number of amides is 3. The van der Waals surface area contributed by atoms with Crippen molar-refractivity contribution in [3.63, 3.8) is 0 Å². The quantitative estimate of drug-likeness (QED) is 0.488. The Bertz CT molecular complexity index is 1200. The van der Waals surface area contributed by atoms with Gasteiger partial charge in [0, 0.05) is 44.5 Å². The Kier molecular flexibility index (Phi) is 8.79. The van der Waals surface area contributed by atoms with Crippen LogP contribution in [0.3, 0.4) is 0 Å². The highest BCUT2D eigenvalue weighted by Crippen LogP contribution is 2.35. The summed E-state index contributed by atoms with van der Waals surface area (Å²) in [4.78, 5) is 45.8. The number of piperazine rings is 1.